The third kappa shape index (κ3) is 4.98. The van der Waals surface area contributed by atoms with Gasteiger partial charge in [0.15, 0.2) is 9.84 Å². The second kappa shape index (κ2) is 8.83. The number of sulfone groups is 1. The van der Waals surface area contributed by atoms with Crippen molar-refractivity contribution in [2.45, 2.75) is 49.8 Å². The van der Waals surface area contributed by atoms with Crippen LogP contribution in [0.1, 0.15) is 43.2 Å². The number of hydrogen-bond donors (Lipinski definition) is 1. The Bertz CT molecular complexity index is 1090. The fourth-order valence-electron chi connectivity index (χ4n) is 4.46. The standard InChI is InChI=1S/C24H28N2O4S/c1-31(29,30)21-11-6-17(7-12-21)8-13-23(27)25-20-10-9-18-14-15-26(22(18)16-20)24(28)19-4-2-3-5-19/h6-7,9-12,16,19H,2-5,8,13-15H2,1H3,(H,25,27). The Hall–Kier alpha value is -2.67. The van der Waals surface area contributed by atoms with Gasteiger partial charge in [-0.2, -0.15) is 0 Å². The lowest BCUT2D eigenvalue weighted by atomic mass is 10.1. The highest BCUT2D eigenvalue weighted by Gasteiger charge is 2.31. The third-order valence-corrected chi connectivity index (χ3v) is 7.36. The van der Waals surface area contributed by atoms with Gasteiger partial charge in [-0.25, -0.2) is 8.42 Å². The lowest BCUT2D eigenvalue weighted by molar-refractivity contribution is -0.122. The largest absolute Gasteiger partial charge is 0.326 e. The Morgan fingerprint density at radius 3 is 2.45 bits per heavy atom. The second-order valence-electron chi connectivity index (χ2n) is 8.53. The topological polar surface area (TPSA) is 83.6 Å². The van der Waals surface area contributed by atoms with E-state index >= 15 is 0 Å². The number of aryl methyl sites for hydroxylation is 1. The molecule has 0 atom stereocenters. The van der Waals surface area contributed by atoms with Crippen LogP contribution in [-0.2, 0) is 32.3 Å². The summed E-state index contributed by atoms with van der Waals surface area (Å²) in [6.07, 6.45) is 7.06. The van der Waals surface area contributed by atoms with Crippen molar-refractivity contribution in [2.24, 2.45) is 5.92 Å². The van der Waals surface area contributed by atoms with Crippen LogP contribution in [0.2, 0.25) is 0 Å². The van der Waals surface area contributed by atoms with Crippen molar-refractivity contribution in [2.75, 3.05) is 23.0 Å². The number of fused-ring (bicyclic) bond motifs is 1. The third-order valence-electron chi connectivity index (χ3n) is 6.23. The number of carbonyl (C=O) groups is 2. The Balaban J connectivity index is 1.37. The van der Waals surface area contributed by atoms with Crippen LogP contribution in [0, 0.1) is 5.92 Å². The normalized spacial score (nSPS) is 16.4. The Morgan fingerprint density at radius 1 is 1.06 bits per heavy atom. The molecule has 1 saturated carbocycles. The smallest absolute Gasteiger partial charge is 0.230 e. The minimum absolute atomic E-state index is 0.112. The fourth-order valence-corrected chi connectivity index (χ4v) is 5.09. The molecule has 1 aliphatic heterocycles. The van der Waals surface area contributed by atoms with Crippen molar-refractivity contribution in [1.29, 1.82) is 0 Å². The van der Waals surface area contributed by atoms with Gasteiger partial charge in [0.1, 0.15) is 0 Å². The van der Waals surface area contributed by atoms with E-state index < -0.39 is 9.84 Å². The van der Waals surface area contributed by atoms with Gasteiger partial charge in [-0.15, -0.1) is 0 Å². The van der Waals surface area contributed by atoms with Gasteiger partial charge in [0.25, 0.3) is 0 Å². The molecule has 31 heavy (non-hydrogen) atoms. The van der Waals surface area contributed by atoms with Crippen LogP contribution in [0.3, 0.4) is 0 Å². The van der Waals surface area contributed by atoms with Gasteiger partial charge in [0.05, 0.1) is 4.90 Å². The highest BCUT2D eigenvalue weighted by Crippen LogP contribution is 2.35. The molecule has 0 spiro atoms. The van der Waals surface area contributed by atoms with Crippen LogP contribution in [-0.4, -0.2) is 33.0 Å². The molecule has 1 heterocycles. The number of anilines is 2. The number of carbonyl (C=O) groups excluding carboxylic acids is 2. The summed E-state index contributed by atoms with van der Waals surface area (Å²) in [6, 6.07) is 12.4. The molecule has 0 aromatic heterocycles. The van der Waals surface area contributed by atoms with E-state index in [-0.39, 0.29) is 22.6 Å². The zero-order valence-corrected chi connectivity index (χ0v) is 18.6. The molecule has 1 fully saturated rings. The Kier molecular flexibility index (Phi) is 6.14. The second-order valence-corrected chi connectivity index (χ2v) is 10.5. The average molecular weight is 441 g/mol. The van der Waals surface area contributed by atoms with E-state index in [1.165, 1.54) is 6.26 Å². The monoisotopic (exact) mass is 440 g/mol. The van der Waals surface area contributed by atoms with Crippen LogP contribution in [0.4, 0.5) is 11.4 Å². The van der Waals surface area contributed by atoms with Crippen molar-refractivity contribution in [3.05, 3.63) is 53.6 Å². The molecule has 2 aliphatic rings. The van der Waals surface area contributed by atoms with Crippen LogP contribution in [0.25, 0.3) is 0 Å². The summed E-state index contributed by atoms with van der Waals surface area (Å²) in [6.45, 7) is 0.714. The Labute approximate surface area is 183 Å². The van der Waals surface area contributed by atoms with Crippen molar-refractivity contribution in [3.8, 4) is 0 Å². The number of nitrogens with one attached hydrogen (secondary N) is 1. The predicted molar refractivity (Wildman–Crippen MR) is 121 cm³/mol. The Morgan fingerprint density at radius 2 is 1.77 bits per heavy atom. The van der Waals surface area contributed by atoms with Gasteiger partial charge >= 0.3 is 0 Å². The molecule has 0 bridgehead atoms. The number of hydrogen-bond acceptors (Lipinski definition) is 4. The molecule has 1 aliphatic carbocycles. The molecule has 4 rings (SSSR count). The van der Waals surface area contributed by atoms with Gasteiger partial charge in [0, 0.05) is 36.5 Å². The zero-order valence-electron chi connectivity index (χ0n) is 17.8. The van der Waals surface area contributed by atoms with E-state index in [0.717, 1.165) is 48.9 Å². The maximum absolute atomic E-state index is 12.9. The molecule has 0 saturated heterocycles. The van der Waals surface area contributed by atoms with Crippen molar-refractivity contribution in [3.63, 3.8) is 0 Å². The summed E-state index contributed by atoms with van der Waals surface area (Å²) in [5, 5.41) is 2.93. The molecule has 0 unspecified atom stereocenters. The van der Waals surface area contributed by atoms with Gasteiger partial charge in [-0.3, -0.25) is 9.59 Å². The molecule has 1 N–H and O–H groups in total. The molecule has 7 heteroatoms. The molecule has 6 nitrogen and oxygen atoms in total. The molecule has 2 aromatic rings. The van der Waals surface area contributed by atoms with Gasteiger partial charge in [-0.05, 0) is 61.1 Å². The summed E-state index contributed by atoms with van der Waals surface area (Å²) in [5.41, 5.74) is 3.67. The fraction of sp³-hybridized carbons (Fsp3) is 0.417. The highest BCUT2D eigenvalue weighted by atomic mass is 32.2. The summed E-state index contributed by atoms with van der Waals surface area (Å²) in [5.74, 6) is 0.245. The van der Waals surface area contributed by atoms with Crippen molar-refractivity contribution in [1.82, 2.24) is 0 Å². The average Bonchev–Trinajstić information content (AvgIpc) is 3.41. The van der Waals surface area contributed by atoms with Crippen LogP contribution < -0.4 is 10.2 Å². The molecule has 0 radical (unpaired) electrons. The van der Waals surface area contributed by atoms with Crippen molar-refractivity contribution < 1.29 is 18.0 Å². The van der Waals surface area contributed by atoms with E-state index in [9.17, 15) is 18.0 Å². The first-order valence-electron chi connectivity index (χ1n) is 10.8. The zero-order chi connectivity index (χ0) is 22.0. The van der Waals surface area contributed by atoms with Gasteiger partial charge < -0.3 is 10.2 Å². The summed E-state index contributed by atoms with van der Waals surface area (Å²) in [7, 11) is -3.22. The number of benzene rings is 2. The SMILES string of the molecule is CS(=O)(=O)c1ccc(CCC(=O)Nc2ccc3c(c2)N(C(=O)C2CCCC2)CC3)cc1. The van der Waals surface area contributed by atoms with E-state index in [4.69, 9.17) is 0 Å². The highest BCUT2D eigenvalue weighted by molar-refractivity contribution is 7.90. The minimum Gasteiger partial charge on any atom is -0.326 e. The maximum Gasteiger partial charge on any atom is 0.230 e. The lowest BCUT2D eigenvalue weighted by Crippen LogP contribution is -2.33. The summed E-state index contributed by atoms with van der Waals surface area (Å²) >= 11 is 0. The van der Waals surface area contributed by atoms with Crippen LogP contribution >= 0.6 is 0 Å². The first-order chi connectivity index (χ1) is 14.8. The molecular formula is C24H28N2O4S. The predicted octanol–water partition coefficient (Wildman–Crippen LogP) is 3.74. The summed E-state index contributed by atoms with van der Waals surface area (Å²) < 4.78 is 23.1. The maximum atomic E-state index is 12.9. The molecule has 2 aromatic carbocycles. The molecular weight excluding hydrogens is 412 g/mol. The summed E-state index contributed by atoms with van der Waals surface area (Å²) in [4.78, 5) is 27.5. The van der Waals surface area contributed by atoms with E-state index in [1.54, 1.807) is 24.3 Å². The molecule has 2 amide bonds. The van der Waals surface area contributed by atoms with E-state index in [0.29, 0.717) is 25.1 Å². The van der Waals surface area contributed by atoms with E-state index in [2.05, 4.69) is 5.32 Å². The number of amides is 2. The minimum atomic E-state index is -3.22. The first kappa shape index (κ1) is 21.6. The van der Waals surface area contributed by atoms with Gasteiger partial charge in [0.2, 0.25) is 11.8 Å². The van der Waals surface area contributed by atoms with Crippen LogP contribution in [0.5, 0.6) is 0 Å². The molecule has 164 valence electrons. The first-order valence-corrected chi connectivity index (χ1v) is 12.7. The van der Waals surface area contributed by atoms with E-state index in [1.807, 2.05) is 23.1 Å². The van der Waals surface area contributed by atoms with Crippen LogP contribution in [0.15, 0.2) is 47.4 Å². The van der Waals surface area contributed by atoms with Crippen molar-refractivity contribution >= 4 is 33.0 Å². The lowest BCUT2D eigenvalue weighted by Gasteiger charge is -2.21. The number of rotatable bonds is 6. The number of nitrogens with zero attached hydrogens (tertiary/aromatic N) is 1. The quantitative estimate of drug-likeness (QED) is 0.742. The van der Waals surface area contributed by atoms with Gasteiger partial charge in [-0.1, -0.05) is 31.0 Å².